The lowest BCUT2D eigenvalue weighted by Gasteiger charge is -2.38. The zero-order valence-electron chi connectivity index (χ0n) is 9.02. The van der Waals surface area contributed by atoms with E-state index in [1.807, 2.05) is 0 Å². The van der Waals surface area contributed by atoms with Gasteiger partial charge in [0.05, 0.1) is 6.54 Å². The molecular formula is C10H20F2N2. The molecule has 1 saturated heterocycles. The van der Waals surface area contributed by atoms with Gasteiger partial charge in [0.25, 0.3) is 6.43 Å². The van der Waals surface area contributed by atoms with Crippen molar-refractivity contribution >= 4 is 0 Å². The summed E-state index contributed by atoms with van der Waals surface area (Å²) in [5.41, 5.74) is 0.0297. The Hall–Kier alpha value is -0.220. The van der Waals surface area contributed by atoms with Crippen LogP contribution in [-0.2, 0) is 0 Å². The molecule has 0 amide bonds. The van der Waals surface area contributed by atoms with E-state index in [2.05, 4.69) is 12.2 Å². The molecule has 1 atom stereocenters. The molecule has 0 aromatic carbocycles. The van der Waals surface area contributed by atoms with Gasteiger partial charge in [0.1, 0.15) is 0 Å². The highest BCUT2D eigenvalue weighted by molar-refractivity contribution is 4.88. The van der Waals surface area contributed by atoms with Gasteiger partial charge in [-0.25, -0.2) is 8.78 Å². The minimum atomic E-state index is -2.23. The number of piperidine rings is 1. The number of rotatable bonds is 4. The fourth-order valence-electron chi connectivity index (χ4n) is 2.15. The Balaban J connectivity index is 2.33. The van der Waals surface area contributed by atoms with Crippen LogP contribution in [0, 0.1) is 0 Å². The first kappa shape index (κ1) is 11.9. The van der Waals surface area contributed by atoms with Crippen LogP contribution in [-0.4, -0.2) is 43.5 Å². The highest BCUT2D eigenvalue weighted by Gasteiger charge is 2.27. The van der Waals surface area contributed by atoms with Crippen molar-refractivity contribution in [3.8, 4) is 0 Å². The molecule has 0 bridgehead atoms. The largest absolute Gasteiger partial charge is 0.310 e. The van der Waals surface area contributed by atoms with Gasteiger partial charge < -0.3 is 5.32 Å². The molecule has 84 valence electrons. The topological polar surface area (TPSA) is 15.3 Å². The van der Waals surface area contributed by atoms with Crippen molar-refractivity contribution in [2.75, 3.05) is 26.7 Å². The predicted octanol–water partition coefficient (Wildman–Crippen LogP) is 1.72. The zero-order valence-corrected chi connectivity index (χ0v) is 9.02. The zero-order chi connectivity index (χ0) is 10.6. The Morgan fingerprint density at radius 2 is 2.14 bits per heavy atom. The smallest absolute Gasteiger partial charge is 0.251 e. The molecule has 0 aromatic rings. The fraction of sp³-hybridized carbons (Fsp3) is 1.00. The van der Waals surface area contributed by atoms with E-state index in [4.69, 9.17) is 0 Å². The molecule has 2 nitrogen and oxygen atoms in total. The maximum atomic E-state index is 12.1. The highest BCUT2D eigenvalue weighted by Crippen LogP contribution is 2.19. The van der Waals surface area contributed by atoms with Crippen LogP contribution in [0.5, 0.6) is 0 Å². The summed E-state index contributed by atoms with van der Waals surface area (Å²) >= 11 is 0. The fourth-order valence-corrected chi connectivity index (χ4v) is 2.15. The maximum absolute atomic E-state index is 12.1. The van der Waals surface area contributed by atoms with Crippen molar-refractivity contribution in [3.63, 3.8) is 0 Å². The molecule has 0 radical (unpaired) electrons. The van der Waals surface area contributed by atoms with Gasteiger partial charge in [-0.3, -0.25) is 4.90 Å². The number of halogens is 2. The second kappa shape index (κ2) is 5.03. The molecule has 4 heteroatoms. The van der Waals surface area contributed by atoms with Crippen LogP contribution >= 0.6 is 0 Å². The van der Waals surface area contributed by atoms with E-state index in [1.54, 1.807) is 11.9 Å². The summed E-state index contributed by atoms with van der Waals surface area (Å²) in [6, 6.07) is 0. The van der Waals surface area contributed by atoms with Crippen molar-refractivity contribution in [3.05, 3.63) is 0 Å². The highest BCUT2D eigenvalue weighted by atomic mass is 19.3. The summed E-state index contributed by atoms with van der Waals surface area (Å²) in [5.74, 6) is 0. The summed E-state index contributed by atoms with van der Waals surface area (Å²) < 4.78 is 24.2. The van der Waals surface area contributed by atoms with E-state index in [1.165, 1.54) is 12.8 Å². The lowest BCUT2D eigenvalue weighted by Crippen LogP contribution is -2.53. The third-order valence-electron chi connectivity index (χ3n) is 2.78. The van der Waals surface area contributed by atoms with Crippen LogP contribution < -0.4 is 5.32 Å². The minimum Gasteiger partial charge on any atom is -0.310 e. The predicted molar refractivity (Wildman–Crippen MR) is 53.8 cm³/mol. The van der Waals surface area contributed by atoms with Gasteiger partial charge in [-0.1, -0.05) is 6.42 Å². The Morgan fingerprint density at radius 1 is 1.43 bits per heavy atom. The van der Waals surface area contributed by atoms with Gasteiger partial charge in [0.2, 0.25) is 0 Å². The quantitative estimate of drug-likeness (QED) is 0.753. The number of nitrogens with one attached hydrogen (secondary N) is 1. The first-order chi connectivity index (χ1) is 6.52. The third-order valence-corrected chi connectivity index (χ3v) is 2.78. The van der Waals surface area contributed by atoms with Crippen LogP contribution in [0.2, 0.25) is 0 Å². The summed E-state index contributed by atoms with van der Waals surface area (Å²) in [7, 11) is 1.76. The number of alkyl halides is 2. The normalized spacial score (nSPS) is 28.7. The lowest BCUT2D eigenvalue weighted by molar-refractivity contribution is 0.0820. The van der Waals surface area contributed by atoms with Gasteiger partial charge in [-0.05, 0) is 33.4 Å². The molecule has 1 N–H and O–H groups in total. The molecule has 0 aromatic heterocycles. The van der Waals surface area contributed by atoms with Gasteiger partial charge in [0, 0.05) is 12.1 Å². The minimum absolute atomic E-state index is 0.0297. The first-order valence-corrected chi connectivity index (χ1v) is 5.24. The maximum Gasteiger partial charge on any atom is 0.251 e. The van der Waals surface area contributed by atoms with Crippen molar-refractivity contribution in [2.45, 2.75) is 38.2 Å². The number of hydrogen-bond acceptors (Lipinski definition) is 2. The Morgan fingerprint density at radius 3 is 2.64 bits per heavy atom. The molecule has 1 unspecified atom stereocenters. The summed E-state index contributed by atoms with van der Waals surface area (Å²) in [4.78, 5) is 1.71. The van der Waals surface area contributed by atoms with E-state index >= 15 is 0 Å². The average Bonchev–Trinajstić information content (AvgIpc) is 2.02. The molecule has 1 fully saturated rings. The van der Waals surface area contributed by atoms with E-state index in [9.17, 15) is 8.78 Å². The molecule has 14 heavy (non-hydrogen) atoms. The number of likely N-dealkylation sites (N-methyl/N-ethyl adjacent to an activating group) is 1. The van der Waals surface area contributed by atoms with Crippen LogP contribution in [0.3, 0.4) is 0 Å². The second-order valence-corrected chi connectivity index (χ2v) is 4.53. The van der Waals surface area contributed by atoms with Crippen LogP contribution in [0.15, 0.2) is 0 Å². The average molecular weight is 206 g/mol. The molecule has 0 saturated carbocycles. The summed E-state index contributed by atoms with van der Waals surface area (Å²) in [5, 5.41) is 3.41. The van der Waals surface area contributed by atoms with Crippen molar-refractivity contribution in [1.29, 1.82) is 0 Å². The molecule has 0 aliphatic carbocycles. The van der Waals surface area contributed by atoms with Crippen LogP contribution in [0.25, 0.3) is 0 Å². The third kappa shape index (κ3) is 3.88. The molecule has 0 spiro atoms. The summed E-state index contributed by atoms with van der Waals surface area (Å²) in [6.45, 7) is 3.71. The first-order valence-electron chi connectivity index (χ1n) is 5.24. The van der Waals surface area contributed by atoms with Gasteiger partial charge in [-0.15, -0.1) is 0 Å². The Bertz CT molecular complexity index is 168. The molecular weight excluding hydrogens is 186 g/mol. The second-order valence-electron chi connectivity index (χ2n) is 4.53. The Labute approximate surface area is 84.7 Å². The molecule has 1 aliphatic heterocycles. The van der Waals surface area contributed by atoms with E-state index < -0.39 is 6.43 Å². The van der Waals surface area contributed by atoms with Crippen molar-refractivity contribution in [1.82, 2.24) is 10.2 Å². The van der Waals surface area contributed by atoms with Gasteiger partial charge in [0.15, 0.2) is 0 Å². The van der Waals surface area contributed by atoms with Gasteiger partial charge >= 0.3 is 0 Å². The van der Waals surface area contributed by atoms with Crippen LogP contribution in [0.4, 0.5) is 8.78 Å². The summed E-state index contributed by atoms with van der Waals surface area (Å²) in [6.07, 6.45) is 1.26. The van der Waals surface area contributed by atoms with Gasteiger partial charge in [-0.2, -0.15) is 0 Å². The van der Waals surface area contributed by atoms with Crippen molar-refractivity contribution in [2.24, 2.45) is 0 Å². The van der Waals surface area contributed by atoms with E-state index in [-0.39, 0.29) is 12.1 Å². The molecule has 1 aliphatic rings. The van der Waals surface area contributed by atoms with E-state index in [0.717, 1.165) is 13.0 Å². The van der Waals surface area contributed by atoms with E-state index in [0.29, 0.717) is 6.54 Å². The van der Waals surface area contributed by atoms with Crippen molar-refractivity contribution < 1.29 is 8.78 Å². The molecule has 1 rings (SSSR count). The monoisotopic (exact) mass is 206 g/mol. The standard InChI is InChI=1S/C10H20F2N2/c1-10(5-3-4-6-13-10)8-14(2)7-9(11)12/h9,13H,3-8H2,1-2H3. The lowest BCUT2D eigenvalue weighted by atomic mass is 9.90. The molecule has 1 heterocycles. The van der Waals surface area contributed by atoms with Crippen LogP contribution in [0.1, 0.15) is 26.2 Å². The Kier molecular flexibility index (Phi) is 4.26. The number of nitrogens with zero attached hydrogens (tertiary/aromatic N) is 1. The SMILES string of the molecule is CN(CC(F)F)CC1(C)CCCCN1. The number of hydrogen-bond donors (Lipinski definition) is 1.